The van der Waals surface area contributed by atoms with E-state index in [1.165, 1.54) is 0 Å². The van der Waals surface area contributed by atoms with Crippen LogP contribution in [-0.2, 0) is 15.6 Å². The van der Waals surface area contributed by atoms with E-state index in [2.05, 4.69) is 19.2 Å². The molecule has 0 amide bonds. The van der Waals surface area contributed by atoms with Gasteiger partial charge in [0.2, 0.25) is 0 Å². The van der Waals surface area contributed by atoms with Crippen molar-refractivity contribution >= 4 is 9.84 Å². The van der Waals surface area contributed by atoms with Gasteiger partial charge in [-0.05, 0) is 36.8 Å². The normalized spacial score (nSPS) is 25.7. The van der Waals surface area contributed by atoms with E-state index in [-0.39, 0.29) is 22.5 Å². The second-order valence-electron chi connectivity index (χ2n) is 6.90. The summed E-state index contributed by atoms with van der Waals surface area (Å²) in [6, 6.07) is 9.61. The summed E-state index contributed by atoms with van der Waals surface area (Å²) in [5, 5.41) is 3.11. The van der Waals surface area contributed by atoms with Gasteiger partial charge in [0, 0.05) is 6.04 Å². The molecule has 0 aliphatic heterocycles. The highest BCUT2D eigenvalue weighted by molar-refractivity contribution is 7.91. The second kappa shape index (κ2) is 6.49. The van der Waals surface area contributed by atoms with Gasteiger partial charge in [0.1, 0.15) is 0 Å². The predicted octanol–water partition coefficient (Wildman–Crippen LogP) is 3.16. The largest absolute Gasteiger partial charge is 0.313 e. The molecule has 1 N–H and O–H groups in total. The lowest BCUT2D eigenvalue weighted by atomic mass is 9.75. The molecule has 0 saturated heterocycles. The number of hydrogen-bond donors (Lipinski definition) is 1. The van der Waals surface area contributed by atoms with Gasteiger partial charge >= 0.3 is 0 Å². The van der Waals surface area contributed by atoms with Crippen LogP contribution in [-0.4, -0.2) is 26.3 Å². The van der Waals surface area contributed by atoms with Gasteiger partial charge in [0.15, 0.2) is 9.84 Å². The summed E-state index contributed by atoms with van der Waals surface area (Å²) in [5.41, 5.74) is 0.997. The molecule has 1 fully saturated rings. The topological polar surface area (TPSA) is 46.2 Å². The minimum atomic E-state index is -3.14. The first-order valence-electron chi connectivity index (χ1n) is 7.83. The monoisotopic (exact) mass is 309 g/mol. The van der Waals surface area contributed by atoms with Crippen molar-refractivity contribution in [2.24, 2.45) is 5.41 Å². The standard InChI is InChI=1S/C17H27NO2S/c1-4-18-15-10-11-17(2,3)12-16(15)21(19,20)13-14-8-6-5-7-9-14/h5-9,15-16,18H,4,10-13H2,1-3H3. The summed E-state index contributed by atoms with van der Waals surface area (Å²) in [6.07, 6.45) is 2.78. The van der Waals surface area contributed by atoms with Crippen LogP contribution in [0, 0.1) is 5.41 Å². The van der Waals surface area contributed by atoms with Crippen molar-refractivity contribution in [2.75, 3.05) is 6.54 Å². The van der Waals surface area contributed by atoms with Gasteiger partial charge in [-0.15, -0.1) is 0 Å². The van der Waals surface area contributed by atoms with Crippen molar-refractivity contribution in [3.05, 3.63) is 35.9 Å². The van der Waals surface area contributed by atoms with E-state index < -0.39 is 9.84 Å². The van der Waals surface area contributed by atoms with Gasteiger partial charge in [0.05, 0.1) is 11.0 Å². The SMILES string of the molecule is CCNC1CCC(C)(C)CC1S(=O)(=O)Cc1ccccc1. The summed E-state index contributed by atoms with van der Waals surface area (Å²) in [7, 11) is -3.14. The van der Waals surface area contributed by atoms with Crippen molar-refractivity contribution in [1.82, 2.24) is 5.32 Å². The molecule has 4 heteroatoms. The Labute approximate surface area is 129 Å². The Balaban J connectivity index is 2.21. The van der Waals surface area contributed by atoms with Gasteiger partial charge in [-0.3, -0.25) is 0 Å². The lowest BCUT2D eigenvalue weighted by molar-refractivity contribution is 0.210. The smallest absolute Gasteiger partial charge is 0.158 e. The molecule has 118 valence electrons. The van der Waals surface area contributed by atoms with Crippen molar-refractivity contribution in [3.8, 4) is 0 Å². The molecule has 0 heterocycles. The van der Waals surface area contributed by atoms with Crippen LogP contribution in [0.5, 0.6) is 0 Å². The summed E-state index contributed by atoms with van der Waals surface area (Å²) >= 11 is 0. The molecule has 1 aliphatic rings. The third kappa shape index (κ3) is 4.30. The number of sulfone groups is 1. The fraction of sp³-hybridized carbons (Fsp3) is 0.647. The third-order valence-corrected chi connectivity index (χ3v) is 6.63. The number of nitrogens with one attached hydrogen (secondary N) is 1. The van der Waals surface area contributed by atoms with Crippen LogP contribution < -0.4 is 5.32 Å². The zero-order chi connectivity index (χ0) is 15.5. The molecule has 2 unspecified atom stereocenters. The van der Waals surface area contributed by atoms with Crippen LogP contribution in [0.4, 0.5) is 0 Å². The van der Waals surface area contributed by atoms with E-state index in [4.69, 9.17) is 0 Å². The molecule has 3 nitrogen and oxygen atoms in total. The molecule has 2 rings (SSSR count). The molecule has 2 atom stereocenters. The van der Waals surface area contributed by atoms with Crippen molar-refractivity contribution < 1.29 is 8.42 Å². The molecule has 21 heavy (non-hydrogen) atoms. The van der Waals surface area contributed by atoms with Gasteiger partial charge < -0.3 is 5.32 Å². The minimum absolute atomic E-state index is 0.0942. The van der Waals surface area contributed by atoms with Crippen LogP contribution in [0.1, 0.15) is 45.6 Å². The first-order chi connectivity index (χ1) is 9.84. The van der Waals surface area contributed by atoms with E-state index in [1.54, 1.807) is 0 Å². The Morgan fingerprint density at radius 1 is 1.24 bits per heavy atom. The summed E-state index contributed by atoms with van der Waals surface area (Å²) in [6.45, 7) is 7.23. The summed E-state index contributed by atoms with van der Waals surface area (Å²) in [5.74, 6) is 0.149. The zero-order valence-corrected chi connectivity index (χ0v) is 14.1. The van der Waals surface area contributed by atoms with Crippen LogP contribution in [0.15, 0.2) is 30.3 Å². The Bertz CT molecular complexity index is 551. The first-order valence-corrected chi connectivity index (χ1v) is 9.54. The van der Waals surface area contributed by atoms with Gasteiger partial charge in [-0.25, -0.2) is 8.42 Å². The predicted molar refractivity (Wildman–Crippen MR) is 88.0 cm³/mol. The molecule has 0 radical (unpaired) electrons. The van der Waals surface area contributed by atoms with Crippen molar-refractivity contribution in [2.45, 2.75) is 57.1 Å². The first kappa shape index (κ1) is 16.5. The molecule has 0 aromatic heterocycles. The highest BCUT2D eigenvalue weighted by Gasteiger charge is 2.41. The van der Waals surface area contributed by atoms with E-state index in [9.17, 15) is 8.42 Å². The van der Waals surface area contributed by atoms with Crippen molar-refractivity contribution in [1.29, 1.82) is 0 Å². The molecular weight excluding hydrogens is 282 g/mol. The lowest BCUT2D eigenvalue weighted by Gasteiger charge is -2.40. The fourth-order valence-electron chi connectivity index (χ4n) is 3.31. The number of rotatable bonds is 5. The zero-order valence-electron chi connectivity index (χ0n) is 13.3. The van der Waals surface area contributed by atoms with E-state index in [1.807, 2.05) is 37.3 Å². The molecule has 0 spiro atoms. The summed E-state index contributed by atoms with van der Waals surface area (Å²) < 4.78 is 25.8. The second-order valence-corrected chi connectivity index (χ2v) is 9.12. The minimum Gasteiger partial charge on any atom is -0.313 e. The van der Waals surface area contributed by atoms with E-state index in [0.717, 1.165) is 31.4 Å². The molecule has 0 bridgehead atoms. The Hall–Kier alpha value is -0.870. The van der Waals surface area contributed by atoms with Crippen LogP contribution in [0.25, 0.3) is 0 Å². The maximum atomic E-state index is 12.9. The Morgan fingerprint density at radius 2 is 1.90 bits per heavy atom. The highest BCUT2D eigenvalue weighted by Crippen LogP contribution is 2.39. The van der Waals surface area contributed by atoms with Gasteiger partial charge in [0.25, 0.3) is 0 Å². The van der Waals surface area contributed by atoms with Crippen molar-refractivity contribution in [3.63, 3.8) is 0 Å². The molecule has 1 aromatic rings. The molecule has 1 aromatic carbocycles. The Morgan fingerprint density at radius 3 is 2.52 bits per heavy atom. The average Bonchev–Trinajstić information content (AvgIpc) is 2.41. The molecule has 1 saturated carbocycles. The third-order valence-electron chi connectivity index (χ3n) is 4.47. The van der Waals surface area contributed by atoms with Gasteiger partial charge in [-0.1, -0.05) is 51.1 Å². The highest BCUT2D eigenvalue weighted by atomic mass is 32.2. The maximum absolute atomic E-state index is 12.9. The number of benzene rings is 1. The maximum Gasteiger partial charge on any atom is 0.158 e. The molecular formula is C17H27NO2S. The fourth-order valence-corrected chi connectivity index (χ4v) is 5.62. The quantitative estimate of drug-likeness (QED) is 0.909. The molecule has 1 aliphatic carbocycles. The number of hydrogen-bond acceptors (Lipinski definition) is 3. The van der Waals surface area contributed by atoms with Crippen LogP contribution in [0.3, 0.4) is 0 Å². The summed E-state index contributed by atoms with van der Waals surface area (Å²) in [4.78, 5) is 0. The van der Waals surface area contributed by atoms with Crippen LogP contribution >= 0.6 is 0 Å². The van der Waals surface area contributed by atoms with Crippen LogP contribution in [0.2, 0.25) is 0 Å². The Kier molecular flexibility index (Phi) is 5.10. The van der Waals surface area contributed by atoms with Gasteiger partial charge in [-0.2, -0.15) is 0 Å². The lowest BCUT2D eigenvalue weighted by Crippen LogP contribution is -2.50. The van der Waals surface area contributed by atoms with E-state index >= 15 is 0 Å². The average molecular weight is 309 g/mol. The van der Waals surface area contributed by atoms with E-state index in [0.29, 0.717) is 0 Å².